The van der Waals surface area contributed by atoms with Crippen molar-refractivity contribution in [2.45, 2.75) is 11.3 Å². The molecule has 0 aliphatic carbocycles. The van der Waals surface area contributed by atoms with Crippen LogP contribution in [0.1, 0.15) is 5.56 Å². The number of carbonyl (C=O) groups excluding carboxylic acids is 1. The first-order chi connectivity index (χ1) is 15.3. The highest BCUT2D eigenvalue weighted by Crippen LogP contribution is 2.28. The van der Waals surface area contributed by atoms with Gasteiger partial charge in [0.1, 0.15) is 0 Å². The number of amides is 1. The summed E-state index contributed by atoms with van der Waals surface area (Å²) in [6.45, 7) is 3.84. The summed E-state index contributed by atoms with van der Waals surface area (Å²) in [5.74, 6) is -1.73. The van der Waals surface area contributed by atoms with Gasteiger partial charge in [0.15, 0.2) is 29.7 Å². The zero-order valence-electron chi connectivity index (χ0n) is 17.6. The Morgan fingerprint density at radius 1 is 1.06 bits per heavy atom. The molecule has 1 saturated heterocycles. The normalized spacial score (nSPS) is 14.8. The third-order valence-corrected chi connectivity index (χ3v) is 6.97. The van der Waals surface area contributed by atoms with Crippen molar-refractivity contribution in [1.82, 2.24) is 9.21 Å². The molecule has 0 bridgehead atoms. The molecule has 0 spiro atoms. The average molecular weight is 467 g/mol. The van der Waals surface area contributed by atoms with Crippen molar-refractivity contribution < 1.29 is 31.5 Å². The minimum Gasteiger partial charge on any atom is -0.493 e. The fourth-order valence-electron chi connectivity index (χ4n) is 3.32. The Labute approximate surface area is 185 Å². The molecule has 172 valence electrons. The molecule has 1 heterocycles. The summed E-state index contributed by atoms with van der Waals surface area (Å²) in [5.41, 5.74) is 0.994. The highest BCUT2D eigenvalue weighted by atomic mass is 32.2. The van der Waals surface area contributed by atoms with Crippen molar-refractivity contribution in [3.05, 3.63) is 66.3 Å². The molecule has 0 saturated carbocycles. The van der Waals surface area contributed by atoms with Crippen molar-refractivity contribution >= 4 is 15.9 Å². The SMILES string of the molecule is C=CCc1ccc(OCC(=O)N2CCN(S(=O)(=O)c3ccc(F)c(F)c3)CC2)c(OC)c1. The van der Waals surface area contributed by atoms with Crippen molar-refractivity contribution in [3.8, 4) is 11.5 Å². The van der Waals surface area contributed by atoms with Gasteiger partial charge in [0.05, 0.1) is 12.0 Å². The summed E-state index contributed by atoms with van der Waals surface area (Å²) >= 11 is 0. The molecule has 2 aromatic rings. The molecule has 0 atom stereocenters. The standard InChI is InChI=1S/C22H24F2N2O5S/c1-3-4-16-5-8-20(21(13-16)30-2)31-15-22(27)25-9-11-26(12-10-25)32(28,29)17-6-7-18(23)19(24)14-17/h3,5-8,13-14H,1,4,9-12,15H2,2H3. The third-order valence-electron chi connectivity index (χ3n) is 5.08. The maximum absolute atomic E-state index is 13.4. The molecule has 7 nitrogen and oxygen atoms in total. The van der Waals surface area contributed by atoms with Gasteiger partial charge in [-0.3, -0.25) is 4.79 Å². The van der Waals surface area contributed by atoms with Gasteiger partial charge in [-0.1, -0.05) is 12.1 Å². The van der Waals surface area contributed by atoms with Crippen molar-refractivity contribution in [1.29, 1.82) is 0 Å². The number of ether oxygens (including phenoxy) is 2. The lowest BCUT2D eigenvalue weighted by Gasteiger charge is -2.34. The predicted octanol–water partition coefficient (Wildman–Crippen LogP) is 2.61. The summed E-state index contributed by atoms with van der Waals surface area (Å²) < 4.78 is 64.0. The number of allylic oxidation sites excluding steroid dienone is 1. The first-order valence-corrected chi connectivity index (χ1v) is 11.3. The Morgan fingerprint density at radius 2 is 1.78 bits per heavy atom. The van der Waals surface area contributed by atoms with E-state index in [0.29, 0.717) is 24.0 Å². The van der Waals surface area contributed by atoms with Gasteiger partial charge >= 0.3 is 0 Å². The fourth-order valence-corrected chi connectivity index (χ4v) is 4.75. The van der Waals surface area contributed by atoms with E-state index in [0.717, 1.165) is 22.0 Å². The molecular formula is C22H24F2N2O5S. The fraction of sp³-hybridized carbons (Fsp3) is 0.318. The van der Waals surface area contributed by atoms with Gasteiger partial charge in [0, 0.05) is 26.2 Å². The number of benzene rings is 2. The molecule has 2 aromatic carbocycles. The lowest BCUT2D eigenvalue weighted by atomic mass is 10.1. The number of carbonyl (C=O) groups is 1. The molecule has 0 N–H and O–H groups in total. The van der Waals surface area contributed by atoms with Crippen LogP contribution in [0.2, 0.25) is 0 Å². The largest absolute Gasteiger partial charge is 0.493 e. The van der Waals surface area contributed by atoms with E-state index in [1.165, 1.54) is 12.0 Å². The van der Waals surface area contributed by atoms with E-state index in [9.17, 15) is 22.0 Å². The van der Waals surface area contributed by atoms with E-state index in [1.807, 2.05) is 12.1 Å². The number of nitrogens with zero attached hydrogens (tertiary/aromatic N) is 2. The minimum absolute atomic E-state index is 0.0344. The van der Waals surface area contributed by atoms with Gasteiger partial charge in [-0.2, -0.15) is 4.31 Å². The van der Waals surface area contributed by atoms with Gasteiger partial charge < -0.3 is 14.4 Å². The molecule has 10 heteroatoms. The second kappa shape index (κ2) is 10.1. The number of halogens is 2. The third kappa shape index (κ3) is 5.25. The molecular weight excluding hydrogens is 442 g/mol. The van der Waals surface area contributed by atoms with Crippen molar-refractivity contribution in [3.63, 3.8) is 0 Å². The second-order valence-electron chi connectivity index (χ2n) is 7.13. The van der Waals surface area contributed by atoms with E-state index >= 15 is 0 Å². The minimum atomic E-state index is -3.99. The maximum Gasteiger partial charge on any atom is 0.260 e. The molecule has 1 amide bonds. The Balaban J connectivity index is 1.57. The van der Waals surface area contributed by atoms with Crippen LogP contribution < -0.4 is 9.47 Å². The highest BCUT2D eigenvalue weighted by molar-refractivity contribution is 7.89. The van der Waals surface area contributed by atoms with Crippen molar-refractivity contribution in [2.75, 3.05) is 39.9 Å². The molecule has 0 unspecified atom stereocenters. The number of piperazine rings is 1. The topological polar surface area (TPSA) is 76.2 Å². The number of hydrogen-bond acceptors (Lipinski definition) is 5. The first kappa shape index (κ1) is 23.7. The summed E-state index contributed by atoms with van der Waals surface area (Å²) in [4.78, 5) is 13.7. The highest BCUT2D eigenvalue weighted by Gasteiger charge is 2.30. The zero-order chi connectivity index (χ0) is 23.3. The van der Waals surface area contributed by atoms with Crippen LogP contribution in [0.5, 0.6) is 11.5 Å². The van der Waals surface area contributed by atoms with Crippen molar-refractivity contribution in [2.24, 2.45) is 0 Å². The summed E-state index contributed by atoms with van der Waals surface area (Å²) in [6.07, 6.45) is 2.44. The second-order valence-corrected chi connectivity index (χ2v) is 9.07. The van der Waals surface area contributed by atoms with Gasteiger partial charge in [-0.25, -0.2) is 17.2 Å². The lowest BCUT2D eigenvalue weighted by Crippen LogP contribution is -2.51. The maximum atomic E-state index is 13.4. The first-order valence-electron chi connectivity index (χ1n) is 9.90. The van der Waals surface area contributed by atoms with E-state index in [-0.39, 0.29) is 43.6 Å². The molecule has 1 aliphatic heterocycles. The Hall–Kier alpha value is -2.98. The van der Waals surface area contributed by atoms with Crippen LogP contribution in [0.15, 0.2) is 53.9 Å². The van der Waals surface area contributed by atoms with Crippen LogP contribution >= 0.6 is 0 Å². The predicted molar refractivity (Wildman–Crippen MR) is 114 cm³/mol. The Kier molecular flexibility index (Phi) is 7.47. The number of methoxy groups -OCH3 is 1. The lowest BCUT2D eigenvalue weighted by molar-refractivity contribution is -0.134. The van der Waals surface area contributed by atoms with Gasteiger partial charge in [0.2, 0.25) is 10.0 Å². The van der Waals surface area contributed by atoms with Crippen LogP contribution in [0.25, 0.3) is 0 Å². The summed E-state index contributed by atoms with van der Waals surface area (Å²) in [5, 5.41) is 0. The van der Waals surface area contributed by atoms with E-state index < -0.39 is 21.7 Å². The zero-order valence-corrected chi connectivity index (χ0v) is 18.4. The molecule has 3 rings (SSSR count). The van der Waals surface area contributed by atoms with Crippen LogP contribution in [-0.2, 0) is 21.2 Å². The van der Waals surface area contributed by atoms with Crippen LogP contribution in [0.4, 0.5) is 8.78 Å². The van der Waals surface area contributed by atoms with E-state index in [2.05, 4.69) is 6.58 Å². The molecule has 0 radical (unpaired) electrons. The van der Waals surface area contributed by atoms with Crippen LogP contribution in [-0.4, -0.2) is 63.4 Å². The molecule has 1 aliphatic rings. The summed E-state index contributed by atoms with van der Waals surface area (Å²) in [7, 11) is -2.48. The van der Waals surface area contributed by atoms with Gasteiger partial charge in [-0.15, -0.1) is 6.58 Å². The van der Waals surface area contributed by atoms with Crippen LogP contribution in [0.3, 0.4) is 0 Å². The number of rotatable bonds is 8. The molecule has 0 aromatic heterocycles. The molecule has 32 heavy (non-hydrogen) atoms. The summed E-state index contributed by atoms with van der Waals surface area (Å²) in [6, 6.07) is 7.83. The van der Waals surface area contributed by atoms with E-state index in [1.54, 1.807) is 12.1 Å². The van der Waals surface area contributed by atoms with Gasteiger partial charge in [0.25, 0.3) is 5.91 Å². The average Bonchev–Trinajstić information content (AvgIpc) is 2.79. The smallest absolute Gasteiger partial charge is 0.260 e. The van der Waals surface area contributed by atoms with Crippen LogP contribution in [0, 0.1) is 11.6 Å². The number of hydrogen-bond donors (Lipinski definition) is 0. The molecule has 1 fully saturated rings. The van der Waals surface area contributed by atoms with E-state index in [4.69, 9.17) is 9.47 Å². The quantitative estimate of drug-likeness (QED) is 0.559. The Bertz CT molecular complexity index is 1100. The monoisotopic (exact) mass is 466 g/mol. The Morgan fingerprint density at radius 3 is 2.41 bits per heavy atom. The van der Waals surface area contributed by atoms with Gasteiger partial charge in [-0.05, 0) is 42.3 Å². The number of sulfonamides is 1.